The number of aromatic nitrogens is 1. The van der Waals surface area contributed by atoms with Crippen molar-refractivity contribution in [1.29, 1.82) is 0 Å². The zero-order valence-electron chi connectivity index (χ0n) is 23.2. The van der Waals surface area contributed by atoms with Crippen molar-refractivity contribution in [2.75, 3.05) is 6.61 Å². The number of carbonyl (C=O) groups is 1. The van der Waals surface area contributed by atoms with Crippen molar-refractivity contribution >= 4 is 27.5 Å². The van der Waals surface area contributed by atoms with Crippen molar-refractivity contribution < 1.29 is 14.6 Å². The molecule has 3 aromatic rings. The first-order chi connectivity index (χ1) is 17.0. The minimum absolute atomic E-state index is 0.0896. The first-order valence-electron chi connectivity index (χ1n) is 12.8. The minimum atomic E-state index is -1.13. The van der Waals surface area contributed by atoms with Gasteiger partial charge in [0.05, 0.1) is 27.7 Å². The van der Waals surface area contributed by atoms with Gasteiger partial charge in [0.25, 0.3) is 5.91 Å². The number of allylic oxidation sites excluding steroid dienone is 1. The van der Waals surface area contributed by atoms with Gasteiger partial charge in [-0.2, -0.15) is 0 Å². The number of fused-ring (bicyclic) bond motifs is 2. The summed E-state index contributed by atoms with van der Waals surface area (Å²) in [6.45, 7) is 18.7. The third-order valence-electron chi connectivity index (χ3n) is 5.39. The first-order valence-corrected chi connectivity index (χ1v) is 13.6. The predicted octanol–water partition coefficient (Wildman–Crippen LogP) is 7.72. The summed E-state index contributed by atoms with van der Waals surface area (Å²) in [4.78, 5) is 18.3. The molecule has 3 heterocycles. The van der Waals surface area contributed by atoms with E-state index in [0.29, 0.717) is 11.5 Å². The van der Waals surface area contributed by atoms with Gasteiger partial charge in [0.1, 0.15) is 11.4 Å². The molecule has 2 N–H and O–H groups in total. The SMILES string of the molecule is CC.CC(C)=CC(C)(O)c1ccnc2c(C)c(C(=O)NC3CCOc4ccccc43)sc12.CC(C)C. The summed E-state index contributed by atoms with van der Waals surface area (Å²) in [7, 11) is 0. The number of thiophene rings is 1. The Labute approximate surface area is 220 Å². The average Bonchev–Trinajstić information content (AvgIpc) is 3.16. The third-order valence-corrected chi connectivity index (χ3v) is 6.70. The molecule has 1 aliphatic rings. The zero-order chi connectivity index (χ0) is 27.0. The minimum Gasteiger partial charge on any atom is -0.493 e. The number of hydrogen-bond acceptors (Lipinski definition) is 5. The number of carbonyl (C=O) groups excluding carboxylic acids is 1. The molecule has 0 saturated carbocycles. The molecule has 196 valence electrons. The molecule has 0 fully saturated rings. The van der Waals surface area contributed by atoms with Gasteiger partial charge in [0.15, 0.2) is 0 Å². The fourth-order valence-electron chi connectivity index (χ4n) is 4.08. The first kappa shape index (κ1) is 29.5. The summed E-state index contributed by atoms with van der Waals surface area (Å²) in [5.74, 6) is 1.54. The van der Waals surface area contributed by atoms with E-state index in [1.807, 2.05) is 71.0 Å². The maximum absolute atomic E-state index is 13.2. The van der Waals surface area contributed by atoms with E-state index in [4.69, 9.17) is 4.74 Å². The molecule has 1 aliphatic heterocycles. The van der Waals surface area contributed by atoms with Gasteiger partial charge in [0, 0.05) is 23.7 Å². The van der Waals surface area contributed by atoms with Crippen LogP contribution in [0.15, 0.2) is 48.2 Å². The van der Waals surface area contributed by atoms with Gasteiger partial charge in [-0.05, 0) is 51.3 Å². The van der Waals surface area contributed by atoms with Gasteiger partial charge in [-0.25, -0.2) is 0 Å². The number of para-hydroxylation sites is 1. The topological polar surface area (TPSA) is 71.5 Å². The Balaban J connectivity index is 0.000000694. The van der Waals surface area contributed by atoms with Crippen LogP contribution in [0.2, 0.25) is 0 Å². The molecule has 36 heavy (non-hydrogen) atoms. The maximum Gasteiger partial charge on any atom is 0.262 e. The van der Waals surface area contributed by atoms with Crippen molar-refractivity contribution in [3.8, 4) is 5.75 Å². The van der Waals surface area contributed by atoms with Crippen LogP contribution in [0.4, 0.5) is 0 Å². The Morgan fingerprint density at radius 1 is 1.22 bits per heavy atom. The molecule has 4 rings (SSSR count). The molecule has 1 amide bonds. The highest BCUT2D eigenvalue weighted by atomic mass is 32.1. The number of amides is 1. The standard InChI is InChI=1S/C24H26N2O3S.C4H10.C2H6/c1-14(2)13-24(4,28)17-9-11-25-20-15(3)21(30-22(17)20)23(27)26-18-10-12-29-19-8-6-5-7-16(18)19;1-4(2)3;1-2/h5-9,11,13,18,28H,10,12H2,1-4H3,(H,26,27);4H,1-3H3;1-2H3. The lowest BCUT2D eigenvalue weighted by molar-refractivity contribution is 0.0928. The largest absolute Gasteiger partial charge is 0.493 e. The fourth-order valence-corrected chi connectivity index (χ4v) is 5.37. The van der Waals surface area contributed by atoms with Crippen LogP contribution in [0, 0.1) is 12.8 Å². The number of nitrogens with one attached hydrogen (secondary N) is 1. The van der Waals surface area contributed by atoms with Crippen LogP contribution in [0.3, 0.4) is 0 Å². The monoisotopic (exact) mass is 510 g/mol. The highest BCUT2D eigenvalue weighted by molar-refractivity contribution is 7.21. The molecular weight excluding hydrogens is 468 g/mol. The summed E-state index contributed by atoms with van der Waals surface area (Å²) in [5.41, 5.74) is 3.25. The lowest BCUT2D eigenvalue weighted by atomic mass is 9.94. The van der Waals surface area contributed by atoms with Gasteiger partial charge < -0.3 is 15.2 Å². The number of hydrogen-bond donors (Lipinski definition) is 2. The Hall–Kier alpha value is -2.70. The second-order valence-electron chi connectivity index (χ2n) is 9.89. The van der Waals surface area contributed by atoms with E-state index in [1.165, 1.54) is 11.3 Å². The Kier molecular flexibility index (Phi) is 10.7. The van der Waals surface area contributed by atoms with Crippen LogP contribution in [0.1, 0.15) is 94.2 Å². The van der Waals surface area contributed by atoms with Crippen molar-refractivity contribution in [3.63, 3.8) is 0 Å². The zero-order valence-corrected chi connectivity index (χ0v) is 24.0. The fraction of sp³-hybridized carbons (Fsp3) is 0.467. The molecule has 0 bridgehead atoms. The summed E-state index contributed by atoms with van der Waals surface area (Å²) < 4.78 is 6.55. The predicted molar refractivity (Wildman–Crippen MR) is 152 cm³/mol. The van der Waals surface area contributed by atoms with Gasteiger partial charge in [-0.15, -0.1) is 11.3 Å². The Morgan fingerprint density at radius 3 is 2.50 bits per heavy atom. The highest BCUT2D eigenvalue weighted by Gasteiger charge is 2.28. The maximum atomic E-state index is 13.2. The quantitative estimate of drug-likeness (QED) is 0.352. The molecule has 0 saturated heterocycles. The number of benzene rings is 1. The van der Waals surface area contributed by atoms with Crippen molar-refractivity contribution in [2.45, 2.75) is 80.4 Å². The lowest BCUT2D eigenvalue weighted by Crippen LogP contribution is -2.32. The molecule has 0 spiro atoms. The number of aryl methyl sites for hydroxylation is 1. The number of rotatable bonds is 4. The summed E-state index contributed by atoms with van der Waals surface area (Å²) in [5, 5.41) is 14.2. The van der Waals surface area contributed by atoms with Gasteiger partial charge in [-0.3, -0.25) is 9.78 Å². The van der Waals surface area contributed by atoms with Crippen LogP contribution in [-0.2, 0) is 5.60 Å². The second-order valence-corrected chi connectivity index (χ2v) is 10.9. The Bertz CT molecular complexity index is 1190. The molecule has 2 aromatic heterocycles. The highest BCUT2D eigenvalue weighted by Crippen LogP contribution is 2.38. The van der Waals surface area contributed by atoms with Crippen molar-refractivity contribution in [2.24, 2.45) is 5.92 Å². The van der Waals surface area contributed by atoms with Crippen LogP contribution in [0.5, 0.6) is 5.75 Å². The molecule has 2 unspecified atom stereocenters. The summed E-state index contributed by atoms with van der Waals surface area (Å²) in [6.07, 6.45) is 4.25. The van der Waals surface area contributed by atoms with E-state index >= 15 is 0 Å². The van der Waals surface area contributed by atoms with Crippen LogP contribution >= 0.6 is 11.3 Å². The van der Waals surface area contributed by atoms with Crippen LogP contribution < -0.4 is 10.1 Å². The molecule has 0 radical (unpaired) electrons. The molecule has 0 aliphatic carbocycles. The Morgan fingerprint density at radius 2 is 1.86 bits per heavy atom. The van der Waals surface area contributed by atoms with Crippen molar-refractivity contribution in [3.05, 3.63) is 69.7 Å². The smallest absolute Gasteiger partial charge is 0.262 e. The number of nitrogens with zero attached hydrogens (tertiary/aromatic N) is 1. The molecule has 5 nitrogen and oxygen atoms in total. The van der Waals surface area contributed by atoms with Gasteiger partial charge >= 0.3 is 0 Å². The van der Waals surface area contributed by atoms with E-state index in [0.717, 1.165) is 50.6 Å². The average molecular weight is 511 g/mol. The number of aliphatic hydroxyl groups is 1. The van der Waals surface area contributed by atoms with E-state index < -0.39 is 5.60 Å². The van der Waals surface area contributed by atoms with Gasteiger partial charge in [0.2, 0.25) is 0 Å². The number of ether oxygens (including phenoxy) is 1. The summed E-state index contributed by atoms with van der Waals surface area (Å²) in [6, 6.07) is 9.55. The van der Waals surface area contributed by atoms with Crippen LogP contribution in [0.25, 0.3) is 10.2 Å². The molecular formula is C30H42N2O3S. The third kappa shape index (κ3) is 7.17. The van der Waals surface area contributed by atoms with E-state index in [9.17, 15) is 9.90 Å². The normalized spacial score (nSPS) is 15.8. The molecule has 1 aromatic carbocycles. The van der Waals surface area contributed by atoms with Crippen LogP contribution in [-0.4, -0.2) is 22.6 Å². The van der Waals surface area contributed by atoms with E-state index in [2.05, 4.69) is 31.1 Å². The van der Waals surface area contributed by atoms with Gasteiger partial charge in [-0.1, -0.05) is 64.5 Å². The summed E-state index contributed by atoms with van der Waals surface area (Å²) >= 11 is 1.39. The molecule has 2 atom stereocenters. The molecule has 6 heteroatoms. The van der Waals surface area contributed by atoms with E-state index in [-0.39, 0.29) is 11.9 Å². The second kappa shape index (κ2) is 13.0. The van der Waals surface area contributed by atoms with E-state index in [1.54, 1.807) is 13.1 Å². The van der Waals surface area contributed by atoms with Crippen molar-refractivity contribution in [1.82, 2.24) is 10.3 Å². The lowest BCUT2D eigenvalue weighted by Gasteiger charge is -2.26. The number of pyridine rings is 1.